The SMILES string of the molecule is CC(C)CN(C[C@@H]1CN(C(=O)c2ccc(Cl)cc2)CCO1)C(=O)c1ccccc1. The molecule has 0 bridgehead atoms. The van der Waals surface area contributed by atoms with E-state index in [2.05, 4.69) is 13.8 Å². The summed E-state index contributed by atoms with van der Waals surface area (Å²) in [5, 5.41) is 0.602. The van der Waals surface area contributed by atoms with Crippen LogP contribution < -0.4 is 0 Å². The van der Waals surface area contributed by atoms with E-state index in [1.54, 1.807) is 29.2 Å². The summed E-state index contributed by atoms with van der Waals surface area (Å²) in [4.78, 5) is 29.4. The predicted octanol–water partition coefficient (Wildman–Crippen LogP) is 3.98. The number of benzene rings is 2. The maximum Gasteiger partial charge on any atom is 0.254 e. The van der Waals surface area contributed by atoms with Crippen molar-refractivity contribution >= 4 is 23.4 Å². The second-order valence-electron chi connectivity index (χ2n) is 7.72. The summed E-state index contributed by atoms with van der Waals surface area (Å²) in [6, 6.07) is 16.2. The lowest BCUT2D eigenvalue weighted by molar-refractivity contribution is -0.0340. The molecule has 0 spiro atoms. The van der Waals surface area contributed by atoms with Crippen LogP contribution in [0, 0.1) is 5.92 Å². The molecule has 1 aliphatic heterocycles. The lowest BCUT2D eigenvalue weighted by atomic mass is 10.1. The topological polar surface area (TPSA) is 49.9 Å². The van der Waals surface area contributed by atoms with Crippen molar-refractivity contribution in [3.8, 4) is 0 Å². The highest BCUT2D eigenvalue weighted by molar-refractivity contribution is 6.30. The molecule has 2 aromatic rings. The minimum absolute atomic E-state index is 0.0101. The number of halogens is 1. The second-order valence-corrected chi connectivity index (χ2v) is 8.16. The molecule has 2 amide bonds. The van der Waals surface area contributed by atoms with Gasteiger partial charge in [-0.1, -0.05) is 43.6 Å². The number of hydrogen-bond donors (Lipinski definition) is 0. The van der Waals surface area contributed by atoms with Crippen molar-refractivity contribution in [2.45, 2.75) is 20.0 Å². The van der Waals surface area contributed by atoms with Crippen LogP contribution in [-0.2, 0) is 4.74 Å². The largest absolute Gasteiger partial charge is 0.373 e. The van der Waals surface area contributed by atoms with E-state index in [1.165, 1.54) is 0 Å². The molecule has 6 heteroatoms. The molecule has 1 fully saturated rings. The third kappa shape index (κ3) is 5.81. The molecular formula is C23H27ClN2O3. The van der Waals surface area contributed by atoms with Gasteiger partial charge in [0.15, 0.2) is 0 Å². The Bertz CT molecular complexity index is 824. The van der Waals surface area contributed by atoms with Crippen LogP contribution in [0.3, 0.4) is 0 Å². The molecule has 1 saturated heterocycles. The molecular weight excluding hydrogens is 388 g/mol. The number of carbonyl (C=O) groups excluding carboxylic acids is 2. The summed E-state index contributed by atoms with van der Waals surface area (Å²) in [6.07, 6.45) is -0.216. The Morgan fingerprint density at radius 3 is 2.45 bits per heavy atom. The molecule has 154 valence electrons. The number of rotatable bonds is 6. The smallest absolute Gasteiger partial charge is 0.254 e. The van der Waals surface area contributed by atoms with Gasteiger partial charge in [0.05, 0.1) is 12.7 Å². The van der Waals surface area contributed by atoms with Gasteiger partial charge in [-0.3, -0.25) is 9.59 Å². The Balaban J connectivity index is 1.68. The van der Waals surface area contributed by atoms with Crippen molar-refractivity contribution in [1.29, 1.82) is 0 Å². The fourth-order valence-corrected chi connectivity index (χ4v) is 3.61. The Hall–Kier alpha value is -2.37. The van der Waals surface area contributed by atoms with Crippen LogP contribution in [0.1, 0.15) is 34.6 Å². The summed E-state index contributed by atoms with van der Waals surface area (Å²) >= 11 is 5.92. The van der Waals surface area contributed by atoms with Crippen LogP contribution >= 0.6 is 11.6 Å². The van der Waals surface area contributed by atoms with E-state index in [0.717, 1.165) is 0 Å². The number of nitrogens with zero attached hydrogens (tertiary/aromatic N) is 2. The first-order chi connectivity index (χ1) is 13.9. The van der Waals surface area contributed by atoms with Crippen molar-refractivity contribution < 1.29 is 14.3 Å². The molecule has 3 rings (SSSR count). The fourth-order valence-electron chi connectivity index (χ4n) is 3.48. The molecule has 1 heterocycles. The van der Waals surface area contributed by atoms with E-state index in [1.807, 2.05) is 35.2 Å². The third-order valence-electron chi connectivity index (χ3n) is 4.83. The first-order valence-corrected chi connectivity index (χ1v) is 10.3. The van der Waals surface area contributed by atoms with Gasteiger partial charge in [-0.2, -0.15) is 0 Å². The van der Waals surface area contributed by atoms with Gasteiger partial charge in [-0.25, -0.2) is 0 Å². The zero-order valence-electron chi connectivity index (χ0n) is 16.9. The second kappa shape index (κ2) is 9.90. The van der Waals surface area contributed by atoms with Crippen LogP contribution in [0.15, 0.2) is 54.6 Å². The minimum atomic E-state index is -0.216. The lowest BCUT2D eigenvalue weighted by Gasteiger charge is -2.36. The molecule has 1 atom stereocenters. The van der Waals surface area contributed by atoms with E-state index >= 15 is 0 Å². The van der Waals surface area contributed by atoms with Crippen LogP contribution in [0.4, 0.5) is 0 Å². The lowest BCUT2D eigenvalue weighted by Crippen LogP contribution is -2.51. The van der Waals surface area contributed by atoms with Crippen molar-refractivity contribution in [3.63, 3.8) is 0 Å². The molecule has 0 saturated carbocycles. The zero-order chi connectivity index (χ0) is 20.8. The predicted molar refractivity (Wildman–Crippen MR) is 114 cm³/mol. The minimum Gasteiger partial charge on any atom is -0.373 e. The highest BCUT2D eigenvalue weighted by Gasteiger charge is 2.28. The molecule has 0 aliphatic carbocycles. The van der Waals surface area contributed by atoms with Gasteiger partial charge in [-0.15, -0.1) is 0 Å². The Morgan fingerprint density at radius 1 is 1.10 bits per heavy atom. The summed E-state index contributed by atoms with van der Waals surface area (Å²) < 4.78 is 5.90. The van der Waals surface area contributed by atoms with Gasteiger partial charge >= 0.3 is 0 Å². The number of morpholine rings is 1. The normalized spacial score (nSPS) is 16.7. The quantitative estimate of drug-likeness (QED) is 0.718. The molecule has 1 aliphatic rings. The summed E-state index contributed by atoms with van der Waals surface area (Å²) in [6.45, 7) is 6.72. The molecule has 0 unspecified atom stereocenters. The van der Waals surface area contributed by atoms with Crippen molar-refractivity contribution in [3.05, 3.63) is 70.7 Å². The first kappa shape index (κ1) is 21.3. The van der Waals surface area contributed by atoms with Gasteiger partial charge in [0.25, 0.3) is 11.8 Å². The van der Waals surface area contributed by atoms with E-state index in [9.17, 15) is 9.59 Å². The number of ether oxygens (including phenoxy) is 1. The van der Waals surface area contributed by atoms with E-state index in [4.69, 9.17) is 16.3 Å². The first-order valence-electron chi connectivity index (χ1n) is 9.95. The Kier molecular flexibility index (Phi) is 7.29. The summed E-state index contributed by atoms with van der Waals surface area (Å²) in [5.74, 6) is 0.280. The standard InChI is InChI=1S/C23H27ClN2O3/c1-17(2)14-26(23(28)18-6-4-3-5-7-18)16-21-15-25(12-13-29-21)22(27)19-8-10-20(24)11-9-19/h3-11,17,21H,12-16H2,1-2H3/t21-/m0/s1. The monoisotopic (exact) mass is 414 g/mol. The number of carbonyl (C=O) groups is 2. The molecule has 5 nitrogen and oxygen atoms in total. The molecule has 29 heavy (non-hydrogen) atoms. The van der Waals surface area contributed by atoms with Crippen LogP contribution in [0.2, 0.25) is 5.02 Å². The highest BCUT2D eigenvalue weighted by Crippen LogP contribution is 2.16. The average molecular weight is 415 g/mol. The van der Waals surface area contributed by atoms with Crippen molar-refractivity contribution in [1.82, 2.24) is 9.80 Å². The molecule has 0 radical (unpaired) electrons. The maximum atomic E-state index is 13.0. The molecule has 0 N–H and O–H groups in total. The number of amides is 2. The van der Waals surface area contributed by atoms with Gasteiger partial charge < -0.3 is 14.5 Å². The van der Waals surface area contributed by atoms with Crippen LogP contribution in [0.5, 0.6) is 0 Å². The van der Waals surface area contributed by atoms with Gasteiger partial charge in [0, 0.05) is 42.3 Å². The van der Waals surface area contributed by atoms with E-state index < -0.39 is 0 Å². The number of hydrogen-bond acceptors (Lipinski definition) is 3. The van der Waals surface area contributed by atoms with E-state index in [-0.39, 0.29) is 17.9 Å². The van der Waals surface area contributed by atoms with Crippen LogP contribution in [-0.4, -0.2) is 60.5 Å². The fraction of sp³-hybridized carbons (Fsp3) is 0.391. The maximum absolute atomic E-state index is 13.0. The van der Waals surface area contributed by atoms with Gasteiger partial charge in [0.2, 0.25) is 0 Å². The Morgan fingerprint density at radius 2 is 1.79 bits per heavy atom. The van der Waals surface area contributed by atoms with Crippen molar-refractivity contribution in [2.24, 2.45) is 5.92 Å². The molecule has 0 aromatic heterocycles. The summed E-state index contributed by atoms with van der Waals surface area (Å²) in [5.41, 5.74) is 1.27. The zero-order valence-corrected chi connectivity index (χ0v) is 17.6. The Labute approximate surface area is 177 Å². The van der Waals surface area contributed by atoms with E-state index in [0.29, 0.717) is 54.9 Å². The third-order valence-corrected chi connectivity index (χ3v) is 5.09. The summed E-state index contributed by atoms with van der Waals surface area (Å²) in [7, 11) is 0. The van der Waals surface area contributed by atoms with Gasteiger partial charge in [0.1, 0.15) is 0 Å². The van der Waals surface area contributed by atoms with Crippen LogP contribution in [0.25, 0.3) is 0 Å². The average Bonchev–Trinajstić information content (AvgIpc) is 2.73. The molecule has 2 aromatic carbocycles. The highest BCUT2D eigenvalue weighted by atomic mass is 35.5. The van der Waals surface area contributed by atoms with Crippen molar-refractivity contribution in [2.75, 3.05) is 32.8 Å². The van der Waals surface area contributed by atoms with Gasteiger partial charge in [-0.05, 0) is 42.3 Å².